The van der Waals surface area contributed by atoms with Crippen molar-refractivity contribution in [3.63, 3.8) is 0 Å². The highest BCUT2D eigenvalue weighted by atomic mass is 16.5. The summed E-state index contributed by atoms with van der Waals surface area (Å²) in [6, 6.07) is 1.97. The number of hydrogen-bond donors (Lipinski definition) is 2. The smallest absolute Gasteiger partial charge is 0.245 e. The van der Waals surface area contributed by atoms with E-state index in [9.17, 15) is 4.79 Å². The number of aryl methyl sites for hydroxylation is 1. The van der Waals surface area contributed by atoms with Crippen LogP contribution in [0, 0.1) is 0 Å². The van der Waals surface area contributed by atoms with E-state index in [1.54, 1.807) is 0 Å². The number of rotatable bonds is 5. The molecule has 6 rings (SSSR count). The van der Waals surface area contributed by atoms with Crippen molar-refractivity contribution in [1.29, 1.82) is 0 Å². The minimum Gasteiger partial charge on any atom is -0.381 e. The Balaban J connectivity index is 1.24. The molecule has 1 atom stereocenters. The third-order valence-electron chi connectivity index (χ3n) is 7.89. The van der Waals surface area contributed by atoms with Crippen LogP contribution in [0.3, 0.4) is 0 Å². The molecule has 0 saturated carbocycles. The molecule has 3 aliphatic heterocycles. The first-order chi connectivity index (χ1) is 16.8. The second kappa shape index (κ2) is 9.52. The molecule has 0 radical (unpaired) electrons. The molecular weight excluding hydrogens is 430 g/mol. The Morgan fingerprint density at radius 2 is 1.85 bits per heavy atom. The Morgan fingerprint density at radius 1 is 1.00 bits per heavy atom. The van der Waals surface area contributed by atoms with Crippen molar-refractivity contribution in [2.75, 3.05) is 43.1 Å². The van der Waals surface area contributed by atoms with Crippen LogP contribution < -0.4 is 10.2 Å². The molecule has 3 fully saturated rings. The maximum absolute atomic E-state index is 13.3. The molecule has 1 amide bonds. The highest BCUT2D eigenvalue weighted by Crippen LogP contribution is 2.34. The minimum absolute atomic E-state index is 0.143. The fourth-order valence-electron chi connectivity index (χ4n) is 5.98. The largest absolute Gasteiger partial charge is 0.381 e. The van der Waals surface area contributed by atoms with E-state index in [0.717, 1.165) is 114 Å². The quantitative estimate of drug-likeness (QED) is 0.699. The fraction of sp³-hybridized carbons (Fsp3) is 0.680. The molecule has 1 aliphatic carbocycles. The summed E-state index contributed by atoms with van der Waals surface area (Å²) < 4.78 is 5.50. The average molecular weight is 466 g/mol. The van der Waals surface area contributed by atoms with Gasteiger partial charge in [0.05, 0.1) is 5.69 Å². The molecule has 0 spiro atoms. The Labute approximate surface area is 200 Å². The standard InChI is InChI=1S/C25H35N7O2/c33-24(31-11-2-1-3-12-31)21-8-5-13-32(21)25-26-19-7-4-6-18(19)23(28-25)27-22-16-20(29-30-22)17-9-14-34-15-10-17/h16-17,21H,1-15H2,(H2,26,27,28,29,30)/t21-/m1/s1. The van der Waals surface area contributed by atoms with E-state index < -0.39 is 0 Å². The molecule has 2 aromatic heterocycles. The van der Waals surface area contributed by atoms with Crippen molar-refractivity contribution in [3.05, 3.63) is 23.0 Å². The van der Waals surface area contributed by atoms with Crippen LogP contribution in [0.15, 0.2) is 6.07 Å². The van der Waals surface area contributed by atoms with Crippen molar-refractivity contribution < 1.29 is 9.53 Å². The van der Waals surface area contributed by atoms with Gasteiger partial charge in [-0.05, 0) is 64.2 Å². The lowest BCUT2D eigenvalue weighted by atomic mass is 9.97. The lowest BCUT2D eigenvalue weighted by Crippen LogP contribution is -2.48. The molecular formula is C25H35N7O2. The van der Waals surface area contributed by atoms with Gasteiger partial charge in [-0.25, -0.2) is 4.98 Å². The zero-order valence-corrected chi connectivity index (χ0v) is 19.9. The van der Waals surface area contributed by atoms with Crippen molar-refractivity contribution in [1.82, 2.24) is 25.1 Å². The van der Waals surface area contributed by atoms with Gasteiger partial charge in [-0.1, -0.05) is 0 Å². The van der Waals surface area contributed by atoms with Crippen LogP contribution in [0.5, 0.6) is 0 Å². The molecule has 0 unspecified atom stereocenters. The van der Waals surface area contributed by atoms with Gasteiger partial charge in [0.15, 0.2) is 5.82 Å². The molecule has 2 aromatic rings. The summed E-state index contributed by atoms with van der Waals surface area (Å²) in [5.74, 6) is 3.05. The van der Waals surface area contributed by atoms with Gasteiger partial charge in [0, 0.05) is 56.1 Å². The fourth-order valence-corrected chi connectivity index (χ4v) is 5.98. The van der Waals surface area contributed by atoms with Crippen LogP contribution in [-0.4, -0.2) is 69.9 Å². The molecule has 0 aromatic carbocycles. The summed E-state index contributed by atoms with van der Waals surface area (Å²) in [6.45, 7) is 4.22. The van der Waals surface area contributed by atoms with Crippen LogP contribution in [0.1, 0.15) is 74.2 Å². The third kappa shape index (κ3) is 4.26. The molecule has 9 nitrogen and oxygen atoms in total. The van der Waals surface area contributed by atoms with E-state index in [2.05, 4.69) is 31.4 Å². The Kier molecular flexibility index (Phi) is 6.11. The van der Waals surface area contributed by atoms with Crippen molar-refractivity contribution in [2.24, 2.45) is 0 Å². The number of fused-ring (bicyclic) bond motifs is 1. The summed E-state index contributed by atoms with van der Waals surface area (Å²) >= 11 is 0. The first-order valence-electron chi connectivity index (χ1n) is 13.1. The maximum atomic E-state index is 13.3. The number of aromatic amines is 1. The number of amides is 1. The van der Waals surface area contributed by atoms with E-state index in [-0.39, 0.29) is 11.9 Å². The van der Waals surface area contributed by atoms with Crippen LogP contribution in [-0.2, 0) is 22.4 Å². The zero-order chi connectivity index (χ0) is 22.9. The number of likely N-dealkylation sites (tertiary alicyclic amines) is 1. The molecule has 3 saturated heterocycles. The minimum atomic E-state index is -0.143. The number of H-pyrrole nitrogens is 1. The van der Waals surface area contributed by atoms with Crippen LogP contribution in [0.25, 0.3) is 0 Å². The first kappa shape index (κ1) is 21.8. The van der Waals surface area contributed by atoms with Crippen LogP contribution in [0.4, 0.5) is 17.6 Å². The van der Waals surface area contributed by atoms with Crippen molar-refractivity contribution >= 4 is 23.5 Å². The Bertz CT molecular complexity index is 1030. The monoisotopic (exact) mass is 465 g/mol. The number of aromatic nitrogens is 4. The second-order valence-electron chi connectivity index (χ2n) is 10.1. The highest BCUT2D eigenvalue weighted by Gasteiger charge is 2.36. The highest BCUT2D eigenvalue weighted by molar-refractivity contribution is 5.85. The van der Waals surface area contributed by atoms with Gasteiger partial charge in [0.25, 0.3) is 0 Å². The van der Waals surface area contributed by atoms with Crippen LogP contribution in [0.2, 0.25) is 0 Å². The predicted octanol–water partition coefficient (Wildman–Crippen LogP) is 3.31. The summed E-state index contributed by atoms with van der Waals surface area (Å²) in [5, 5.41) is 11.2. The van der Waals surface area contributed by atoms with E-state index in [1.165, 1.54) is 12.0 Å². The van der Waals surface area contributed by atoms with Gasteiger partial charge in [-0.2, -0.15) is 10.1 Å². The predicted molar refractivity (Wildman–Crippen MR) is 130 cm³/mol. The van der Waals surface area contributed by atoms with Gasteiger partial charge >= 0.3 is 0 Å². The van der Waals surface area contributed by atoms with Crippen LogP contribution >= 0.6 is 0 Å². The lowest BCUT2D eigenvalue weighted by molar-refractivity contribution is -0.133. The maximum Gasteiger partial charge on any atom is 0.245 e. The SMILES string of the molecule is O=C([C@H]1CCCN1c1nc2c(c(Nc3cc(C4CCOCC4)[nH]n3)n1)CCC2)N1CCCCC1. The summed E-state index contributed by atoms with van der Waals surface area (Å²) in [4.78, 5) is 27.5. The topological polar surface area (TPSA) is 99.3 Å². The number of hydrogen-bond acceptors (Lipinski definition) is 7. The summed E-state index contributed by atoms with van der Waals surface area (Å²) in [5.41, 5.74) is 3.46. The van der Waals surface area contributed by atoms with Gasteiger partial charge in [0.2, 0.25) is 11.9 Å². The Morgan fingerprint density at radius 3 is 2.71 bits per heavy atom. The van der Waals surface area contributed by atoms with Crippen molar-refractivity contribution in [2.45, 2.75) is 76.2 Å². The number of nitrogens with zero attached hydrogens (tertiary/aromatic N) is 5. The summed E-state index contributed by atoms with van der Waals surface area (Å²) in [7, 11) is 0. The zero-order valence-electron chi connectivity index (χ0n) is 19.9. The third-order valence-corrected chi connectivity index (χ3v) is 7.89. The molecule has 9 heteroatoms. The molecule has 0 bridgehead atoms. The number of ether oxygens (including phenoxy) is 1. The molecule has 5 heterocycles. The number of carbonyl (C=O) groups is 1. The first-order valence-corrected chi connectivity index (χ1v) is 13.1. The average Bonchev–Trinajstić information content (AvgIpc) is 3.65. The van der Waals surface area contributed by atoms with Gasteiger partial charge in [-0.3, -0.25) is 9.89 Å². The Hall–Kier alpha value is -2.68. The van der Waals surface area contributed by atoms with E-state index in [0.29, 0.717) is 11.9 Å². The molecule has 34 heavy (non-hydrogen) atoms. The van der Waals surface area contributed by atoms with Gasteiger partial charge in [-0.15, -0.1) is 0 Å². The van der Waals surface area contributed by atoms with Gasteiger partial charge < -0.3 is 19.9 Å². The molecule has 4 aliphatic rings. The van der Waals surface area contributed by atoms with Gasteiger partial charge in [0.1, 0.15) is 11.9 Å². The number of nitrogens with one attached hydrogen (secondary N) is 2. The van der Waals surface area contributed by atoms with E-state index >= 15 is 0 Å². The molecule has 182 valence electrons. The number of carbonyl (C=O) groups excluding carboxylic acids is 1. The van der Waals surface area contributed by atoms with Crippen molar-refractivity contribution in [3.8, 4) is 0 Å². The number of anilines is 3. The second-order valence-corrected chi connectivity index (χ2v) is 10.1. The normalized spacial score (nSPS) is 23.4. The van der Waals surface area contributed by atoms with E-state index in [4.69, 9.17) is 14.7 Å². The molecule has 2 N–H and O–H groups in total. The number of piperidine rings is 1. The van der Waals surface area contributed by atoms with E-state index in [1.807, 2.05) is 0 Å². The summed E-state index contributed by atoms with van der Waals surface area (Å²) in [6.07, 6.45) is 10.4. The lowest BCUT2D eigenvalue weighted by Gasteiger charge is -2.32.